The highest BCUT2D eigenvalue weighted by molar-refractivity contribution is 6.44. The number of carbonyl (C=O) groups is 1. The molecule has 0 spiro atoms. The highest BCUT2D eigenvalue weighted by Gasteiger charge is 2.24. The molecule has 1 aliphatic rings. The van der Waals surface area contributed by atoms with E-state index < -0.39 is 15.3 Å². The predicted molar refractivity (Wildman–Crippen MR) is 72.6 cm³/mol. The standard InChI is InChI=1S/C12H25N2O5Si/c1-14(2,6-3-12(16)17)7-10-20-18-8-4-13(11-15)5-9-19-20/h15H,3-11H2,1-2H3. The van der Waals surface area contributed by atoms with E-state index in [1.807, 2.05) is 19.0 Å². The smallest absolute Gasteiger partial charge is 0.390 e. The number of hydrogen-bond acceptors (Lipinski definition) is 6. The molecule has 0 aromatic rings. The lowest BCUT2D eigenvalue weighted by Crippen LogP contribution is -2.46. The van der Waals surface area contributed by atoms with Gasteiger partial charge in [0.25, 0.3) is 0 Å². The molecule has 0 unspecified atom stereocenters. The number of quaternary nitrogens is 1. The van der Waals surface area contributed by atoms with Gasteiger partial charge in [-0.3, -0.25) is 4.90 Å². The summed E-state index contributed by atoms with van der Waals surface area (Å²) in [5.41, 5.74) is 0. The molecule has 0 aromatic heterocycles. The number of aliphatic hydroxyl groups is 1. The average molecular weight is 305 g/mol. The Morgan fingerprint density at radius 2 is 1.90 bits per heavy atom. The first-order chi connectivity index (χ1) is 9.43. The lowest BCUT2D eigenvalue weighted by molar-refractivity contribution is -0.888. The van der Waals surface area contributed by atoms with Crippen LogP contribution >= 0.6 is 0 Å². The van der Waals surface area contributed by atoms with Crippen LogP contribution in [0.5, 0.6) is 0 Å². The van der Waals surface area contributed by atoms with Crippen LogP contribution in [0.4, 0.5) is 0 Å². The van der Waals surface area contributed by atoms with Gasteiger partial charge in [0, 0.05) is 44.7 Å². The first kappa shape index (κ1) is 17.5. The van der Waals surface area contributed by atoms with E-state index >= 15 is 0 Å². The van der Waals surface area contributed by atoms with Gasteiger partial charge in [-0.2, -0.15) is 0 Å². The Labute approximate surface area is 122 Å². The monoisotopic (exact) mass is 305 g/mol. The maximum absolute atomic E-state index is 10.5. The van der Waals surface area contributed by atoms with Crippen LogP contribution in [0, 0.1) is 0 Å². The Hall–Kier alpha value is -0.513. The third-order valence-corrected chi connectivity index (χ3v) is 5.07. The van der Waals surface area contributed by atoms with Gasteiger partial charge in [0.15, 0.2) is 0 Å². The second-order valence-electron chi connectivity index (χ2n) is 5.58. The van der Waals surface area contributed by atoms with Crippen LogP contribution in [-0.4, -0.2) is 90.0 Å². The van der Waals surface area contributed by atoms with E-state index in [9.17, 15) is 9.90 Å². The number of carboxylic acid groups (broad SMARTS) is 1. The Morgan fingerprint density at radius 1 is 1.30 bits per heavy atom. The number of carboxylic acids is 1. The highest BCUT2D eigenvalue weighted by atomic mass is 28.3. The summed E-state index contributed by atoms with van der Waals surface area (Å²) in [4.78, 5) is 12.4. The molecule has 0 amide bonds. The first-order valence-corrected chi connectivity index (χ1v) is 8.42. The molecule has 1 N–H and O–H groups in total. The fourth-order valence-corrected chi connectivity index (χ4v) is 3.71. The normalized spacial score (nSPS) is 19.6. The topological polar surface area (TPSA) is 82.1 Å². The van der Waals surface area contributed by atoms with Crippen molar-refractivity contribution in [1.29, 1.82) is 0 Å². The Balaban J connectivity index is 2.28. The summed E-state index contributed by atoms with van der Waals surface area (Å²) < 4.78 is 12.1. The van der Waals surface area contributed by atoms with Crippen molar-refractivity contribution in [3.05, 3.63) is 0 Å². The van der Waals surface area contributed by atoms with E-state index in [1.165, 1.54) is 0 Å². The number of aliphatic hydroxyl groups excluding tert-OH is 1. The fourth-order valence-electron chi connectivity index (χ4n) is 1.92. The van der Waals surface area contributed by atoms with Crippen molar-refractivity contribution in [2.24, 2.45) is 0 Å². The quantitative estimate of drug-likeness (QED) is 0.432. The molecular weight excluding hydrogens is 280 g/mol. The van der Waals surface area contributed by atoms with Crippen LogP contribution in [-0.2, 0) is 13.6 Å². The molecule has 117 valence electrons. The van der Waals surface area contributed by atoms with Crippen LogP contribution in [0.2, 0.25) is 6.04 Å². The molecular formula is C12H25N2O5Si. The molecule has 1 radical (unpaired) electrons. The molecule has 1 rings (SSSR count). The van der Waals surface area contributed by atoms with Crippen molar-refractivity contribution in [3.8, 4) is 0 Å². The second-order valence-corrected chi connectivity index (χ2v) is 7.40. The maximum Gasteiger partial charge on any atom is 0.390 e. The molecule has 0 saturated carbocycles. The zero-order valence-electron chi connectivity index (χ0n) is 12.3. The molecule has 8 heteroatoms. The summed E-state index contributed by atoms with van der Waals surface area (Å²) >= 11 is 0. The van der Waals surface area contributed by atoms with Gasteiger partial charge < -0.3 is 28.3 Å². The van der Waals surface area contributed by atoms with Gasteiger partial charge >= 0.3 is 9.28 Å². The van der Waals surface area contributed by atoms with Crippen LogP contribution in [0.3, 0.4) is 0 Å². The minimum atomic E-state index is -1.30. The van der Waals surface area contributed by atoms with Crippen molar-refractivity contribution in [3.63, 3.8) is 0 Å². The van der Waals surface area contributed by atoms with E-state index in [0.29, 0.717) is 24.2 Å². The lowest BCUT2D eigenvalue weighted by Gasteiger charge is -2.31. The number of aliphatic carboxylic acids is 1. The molecule has 1 heterocycles. The van der Waals surface area contributed by atoms with Crippen molar-refractivity contribution in [1.82, 2.24) is 4.90 Å². The fraction of sp³-hybridized carbons (Fsp3) is 0.917. The third-order valence-electron chi connectivity index (χ3n) is 3.38. The van der Waals surface area contributed by atoms with Crippen molar-refractivity contribution < 1.29 is 28.3 Å². The van der Waals surface area contributed by atoms with Crippen LogP contribution in [0.15, 0.2) is 0 Å². The summed E-state index contributed by atoms with van der Waals surface area (Å²) in [7, 11) is 2.71. The van der Waals surface area contributed by atoms with Crippen molar-refractivity contribution in [2.45, 2.75) is 12.5 Å². The Morgan fingerprint density at radius 3 is 2.40 bits per heavy atom. The van der Waals surface area contributed by atoms with Crippen molar-refractivity contribution in [2.75, 3.05) is 60.2 Å². The Bertz CT molecular complexity index is 294. The zero-order chi connectivity index (χ0) is 15.0. The van der Waals surface area contributed by atoms with E-state index in [-0.39, 0.29) is 13.2 Å². The number of hydrogen-bond donors (Lipinski definition) is 1. The molecule has 1 fully saturated rings. The van der Waals surface area contributed by atoms with Gasteiger partial charge in [0.2, 0.25) is 0 Å². The van der Waals surface area contributed by atoms with E-state index in [2.05, 4.69) is 0 Å². The summed E-state index contributed by atoms with van der Waals surface area (Å²) in [6, 6.07) is 0.823. The summed E-state index contributed by atoms with van der Waals surface area (Å²) in [5.74, 6) is -1.01. The van der Waals surface area contributed by atoms with Gasteiger partial charge in [-0.25, -0.2) is 0 Å². The van der Waals surface area contributed by atoms with E-state index in [0.717, 1.165) is 25.7 Å². The number of nitrogens with zero attached hydrogens (tertiary/aromatic N) is 2. The highest BCUT2D eigenvalue weighted by Crippen LogP contribution is 2.08. The Kier molecular flexibility index (Phi) is 7.63. The molecule has 0 bridgehead atoms. The van der Waals surface area contributed by atoms with Gasteiger partial charge in [0.05, 0.1) is 33.9 Å². The molecule has 0 aromatic carbocycles. The van der Waals surface area contributed by atoms with Crippen molar-refractivity contribution >= 4 is 15.3 Å². The van der Waals surface area contributed by atoms with E-state index in [1.54, 1.807) is 0 Å². The van der Waals surface area contributed by atoms with Crippen LogP contribution < -0.4 is 5.11 Å². The van der Waals surface area contributed by atoms with Crippen LogP contribution in [0.25, 0.3) is 0 Å². The van der Waals surface area contributed by atoms with Gasteiger partial charge in [0.1, 0.15) is 0 Å². The molecule has 1 aliphatic heterocycles. The molecule has 0 aliphatic carbocycles. The SMILES string of the molecule is C[N+](C)(CCC(=O)[O-])CC[Si]1OCCN(CO)CCO1. The molecule has 0 atom stereocenters. The molecule has 1 saturated heterocycles. The lowest BCUT2D eigenvalue weighted by atomic mass is 10.3. The third kappa shape index (κ3) is 7.32. The molecule has 7 nitrogen and oxygen atoms in total. The first-order valence-electron chi connectivity index (χ1n) is 6.89. The number of rotatable bonds is 7. The van der Waals surface area contributed by atoms with E-state index in [4.69, 9.17) is 14.0 Å². The number of carbonyl (C=O) groups excluding carboxylic acids is 1. The summed E-state index contributed by atoms with van der Waals surface area (Å²) in [5, 5.41) is 19.6. The largest absolute Gasteiger partial charge is 0.550 e. The predicted octanol–water partition coefficient (Wildman–Crippen LogP) is -2.01. The minimum Gasteiger partial charge on any atom is -0.550 e. The summed E-state index contributed by atoms with van der Waals surface area (Å²) in [6.45, 7) is 3.99. The second kappa shape index (κ2) is 8.70. The average Bonchev–Trinajstić information content (AvgIpc) is 2.35. The van der Waals surface area contributed by atoms with Gasteiger partial charge in [-0.15, -0.1) is 0 Å². The van der Waals surface area contributed by atoms with Gasteiger partial charge in [-0.1, -0.05) is 0 Å². The van der Waals surface area contributed by atoms with Gasteiger partial charge in [-0.05, 0) is 0 Å². The van der Waals surface area contributed by atoms with Crippen LogP contribution in [0.1, 0.15) is 6.42 Å². The maximum atomic E-state index is 10.5. The minimum absolute atomic E-state index is 0.0297. The summed E-state index contributed by atoms with van der Waals surface area (Å²) in [6.07, 6.45) is 0.0717. The zero-order valence-corrected chi connectivity index (χ0v) is 13.3. The molecule has 20 heavy (non-hydrogen) atoms.